The van der Waals surface area contributed by atoms with E-state index in [9.17, 15) is 22.8 Å². The van der Waals surface area contributed by atoms with Gasteiger partial charge in [-0.3, -0.25) is 19.1 Å². The number of rotatable bonds is 14. The normalized spacial score (nSPS) is 22.8. The molecule has 56 heavy (non-hydrogen) atoms. The molecule has 1 saturated heterocycles. The number of carbonyl (C=O) groups is 3. The number of nitrogens with zero attached hydrogens (tertiary/aromatic N) is 3. The number of fused-ring (bicyclic) bond motifs is 1. The maximum atomic E-state index is 15.0. The zero-order valence-electron chi connectivity index (χ0n) is 32.2. The number of methoxy groups -OCH3 is 1. The van der Waals surface area contributed by atoms with Crippen LogP contribution in [0.3, 0.4) is 0 Å². The van der Waals surface area contributed by atoms with Gasteiger partial charge >= 0.3 is 0 Å². The fourth-order valence-electron chi connectivity index (χ4n) is 7.86. The first kappa shape index (κ1) is 39.9. The molecule has 2 amide bonds. The van der Waals surface area contributed by atoms with Crippen molar-refractivity contribution in [3.63, 3.8) is 0 Å². The molecule has 0 bridgehead atoms. The van der Waals surface area contributed by atoms with Crippen LogP contribution in [-0.2, 0) is 30.8 Å². The van der Waals surface area contributed by atoms with Gasteiger partial charge in [0.2, 0.25) is 27.7 Å². The van der Waals surface area contributed by atoms with Gasteiger partial charge in [0.25, 0.3) is 0 Å². The summed E-state index contributed by atoms with van der Waals surface area (Å²) in [5.41, 5.74) is 0.0806. The van der Waals surface area contributed by atoms with Crippen LogP contribution in [0.5, 0.6) is 11.6 Å². The Morgan fingerprint density at radius 1 is 1.14 bits per heavy atom. The third kappa shape index (κ3) is 7.95. The summed E-state index contributed by atoms with van der Waals surface area (Å²) >= 11 is 7.95. The molecule has 2 saturated carbocycles. The molecule has 3 heterocycles. The summed E-state index contributed by atoms with van der Waals surface area (Å²) < 4.78 is 39.9. The van der Waals surface area contributed by atoms with Gasteiger partial charge in [0, 0.05) is 51.4 Å². The van der Waals surface area contributed by atoms with Crippen LogP contribution in [-0.4, -0.2) is 71.9 Å². The number of nitrogens with one attached hydrogen (secondary N) is 1. The number of allylic oxidation sites excluding steroid dienone is 1. The number of aryl methyl sites for hydroxylation is 1. The molecule has 296 valence electrons. The number of aromatic nitrogens is 2. The SMILES string of the molecule is C=C[C@@H]1C[C@]1(CC(=O)[C@@H]1C[C@@H](Oc2ncc(OC)c3ccc(Cl)cc23)CN1C(=O)[C@@H](Cc1nc(-c2ccccc2)c(C)s1)C(C)(C)C)C(=O)NS(=O)(=O)C1CC1. The smallest absolute Gasteiger partial charge is 0.240 e. The molecule has 0 radical (unpaired) electrons. The fourth-order valence-corrected chi connectivity index (χ4v) is 10.4. The fraction of sp³-hybridized carbons (Fsp3) is 0.452. The van der Waals surface area contributed by atoms with Crippen molar-refractivity contribution in [2.24, 2.45) is 22.7 Å². The van der Waals surface area contributed by atoms with Crippen LogP contribution in [0.1, 0.15) is 62.8 Å². The van der Waals surface area contributed by atoms with Gasteiger partial charge in [0.15, 0.2) is 5.78 Å². The summed E-state index contributed by atoms with van der Waals surface area (Å²) in [4.78, 5) is 55.4. The standard InChI is InChI=1S/C42H47ClN4O7S2/c1-7-26-20-42(26,40(50)46-56(51,52)29-14-15-29)21-34(48)33-18-28(54-38-31-17-27(43)13-16-30(31)35(53-6)22-44-38)23-47(33)39(49)32(41(3,4)5)19-36-45-37(24(2)55-36)25-11-9-8-10-12-25/h7-13,16-17,22,26,28-29,32-33H,1,14-15,18-21,23H2,2-6H3,(H,46,50)/t26-,28-,32-,33+,42-/m1/s1. The van der Waals surface area contributed by atoms with Crippen molar-refractivity contribution in [1.29, 1.82) is 0 Å². The minimum Gasteiger partial charge on any atom is -0.494 e. The monoisotopic (exact) mass is 818 g/mol. The van der Waals surface area contributed by atoms with Crippen LogP contribution >= 0.6 is 22.9 Å². The molecule has 3 fully saturated rings. The van der Waals surface area contributed by atoms with Crippen molar-refractivity contribution >= 4 is 61.3 Å². The van der Waals surface area contributed by atoms with Gasteiger partial charge in [-0.05, 0) is 55.7 Å². The van der Waals surface area contributed by atoms with E-state index in [1.54, 1.807) is 47.8 Å². The second-order valence-corrected chi connectivity index (χ2v) is 20.0. The molecule has 1 aliphatic heterocycles. The molecule has 7 rings (SSSR count). The summed E-state index contributed by atoms with van der Waals surface area (Å²) in [7, 11) is -2.30. The molecule has 2 aromatic carbocycles. The lowest BCUT2D eigenvalue weighted by molar-refractivity contribution is -0.144. The van der Waals surface area contributed by atoms with E-state index >= 15 is 0 Å². The molecule has 0 spiro atoms. The van der Waals surface area contributed by atoms with Crippen LogP contribution < -0.4 is 14.2 Å². The van der Waals surface area contributed by atoms with Gasteiger partial charge in [-0.2, -0.15) is 0 Å². The number of amides is 2. The highest BCUT2D eigenvalue weighted by Crippen LogP contribution is 2.57. The van der Waals surface area contributed by atoms with Crippen LogP contribution in [0, 0.1) is 29.6 Å². The van der Waals surface area contributed by atoms with Crippen LogP contribution in [0.25, 0.3) is 22.0 Å². The highest BCUT2D eigenvalue weighted by Gasteiger charge is 2.61. The third-order valence-corrected chi connectivity index (χ3v) is 14.4. The first-order chi connectivity index (χ1) is 26.5. The molecule has 3 aliphatic rings. The van der Waals surface area contributed by atoms with Crippen molar-refractivity contribution in [3.05, 3.63) is 82.3 Å². The number of ketones is 1. The van der Waals surface area contributed by atoms with Crippen LogP contribution in [0.15, 0.2) is 67.4 Å². The highest BCUT2D eigenvalue weighted by atomic mass is 35.5. The molecule has 14 heteroatoms. The second-order valence-electron chi connectivity index (χ2n) is 16.3. The Bertz CT molecular complexity index is 2300. The average Bonchev–Trinajstić information content (AvgIpc) is 4.06. The van der Waals surface area contributed by atoms with E-state index in [1.165, 1.54) is 0 Å². The highest BCUT2D eigenvalue weighted by molar-refractivity contribution is 7.90. The molecule has 5 atom stereocenters. The van der Waals surface area contributed by atoms with E-state index < -0.39 is 50.1 Å². The molecular formula is C42H47ClN4O7S2. The van der Waals surface area contributed by atoms with Crippen molar-refractivity contribution < 1.29 is 32.3 Å². The Morgan fingerprint density at radius 3 is 2.52 bits per heavy atom. The zero-order chi connectivity index (χ0) is 40.2. The quantitative estimate of drug-likeness (QED) is 0.129. The van der Waals surface area contributed by atoms with Gasteiger partial charge < -0.3 is 14.4 Å². The van der Waals surface area contributed by atoms with E-state index in [0.717, 1.165) is 26.5 Å². The Hall–Kier alpha value is -4.33. The maximum absolute atomic E-state index is 15.0. The Balaban J connectivity index is 1.20. The molecule has 4 aromatic rings. The summed E-state index contributed by atoms with van der Waals surface area (Å²) in [5.74, 6) is -1.39. The summed E-state index contributed by atoms with van der Waals surface area (Å²) in [5, 5.41) is 2.04. The number of benzene rings is 2. The van der Waals surface area contributed by atoms with Gasteiger partial charge in [-0.25, -0.2) is 18.4 Å². The van der Waals surface area contributed by atoms with E-state index in [4.69, 9.17) is 26.1 Å². The molecule has 1 N–H and O–H groups in total. The average molecular weight is 819 g/mol. The van der Waals surface area contributed by atoms with Gasteiger partial charge in [-0.15, -0.1) is 17.9 Å². The lowest BCUT2D eigenvalue weighted by Crippen LogP contribution is -2.48. The summed E-state index contributed by atoms with van der Waals surface area (Å²) in [6, 6.07) is 14.3. The second kappa shape index (κ2) is 15.2. The van der Waals surface area contributed by atoms with Crippen LogP contribution in [0.4, 0.5) is 0 Å². The first-order valence-corrected chi connectivity index (χ1v) is 21.6. The minimum atomic E-state index is -3.85. The van der Waals surface area contributed by atoms with Gasteiger partial charge in [0.05, 0.1) is 47.3 Å². The molecular weight excluding hydrogens is 772 g/mol. The van der Waals surface area contributed by atoms with Crippen molar-refractivity contribution in [2.45, 2.75) is 83.6 Å². The molecule has 11 nitrogen and oxygen atoms in total. The molecule has 2 aromatic heterocycles. The minimum absolute atomic E-state index is 0.0872. The van der Waals surface area contributed by atoms with Gasteiger partial charge in [-0.1, -0.05) is 68.8 Å². The Labute approximate surface area is 336 Å². The molecule has 0 unspecified atom stereocenters. The van der Waals surface area contributed by atoms with Gasteiger partial charge in [0.1, 0.15) is 11.9 Å². The maximum Gasteiger partial charge on any atom is 0.240 e. The number of sulfonamides is 1. The lowest BCUT2D eigenvalue weighted by atomic mass is 9.77. The van der Waals surface area contributed by atoms with Crippen molar-refractivity contribution in [3.8, 4) is 22.9 Å². The number of hydrogen-bond donors (Lipinski definition) is 1. The van der Waals surface area contributed by atoms with Crippen molar-refractivity contribution in [1.82, 2.24) is 19.6 Å². The number of thiazole rings is 1. The number of hydrogen-bond acceptors (Lipinski definition) is 10. The Kier molecular flexibility index (Phi) is 10.8. The predicted octanol–water partition coefficient (Wildman–Crippen LogP) is 7.34. The summed E-state index contributed by atoms with van der Waals surface area (Å²) in [6.07, 6.45) is 4.04. The largest absolute Gasteiger partial charge is 0.494 e. The number of carbonyl (C=O) groups excluding carboxylic acids is 3. The third-order valence-electron chi connectivity index (χ3n) is 11.4. The number of likely N-dealkylation sites (tertiary alicyclic amines) is 1. The summed E-state index contributed by atoms with van der Waals surface area (Å²) in [6.45, 7) is 12.0. The lowest BCUT2D eigenvalue weighted by Gasteiger charge is -2.35. The predicted molar refractivity (Wildman–Crippen MR) is 217 cm³/mol. The van der Waals surface area contributed by atoms with Crippen molar-refractivity contribution in [2.75, 3.05) is 13.7 Å². The number of halogens is 1. The Morgan fingerprint density at radius 2 is 1.88 bits per heavy atom. The van der Waals surface area contributed by atoms with E-state index in [0.29, 0.717) is 35.4 Å². The topological polar surface area (TPSA) is 145 Å². The van der Waals surface area contributed by atoms with Crippen LogP contribution in [0.2, 0.25) is 5.02 Å². The number of ether oxygens (including phenoxy) is 2. The number of Topliss-reactive ketones (excluding diaryl/α,β-unsaturated/α-hetero) is 1. The zero-order valence-corrected chi connectivity index (χ0v) is 34.6. The van der Waals surface area contributed by atoms with E-state index in [-0.39, 0.29) is 49.3 Å². The first-order valence-electron chi connectivity index (χ1n) is 18.9. The van der Waals surface area contributed by atoms with E-state index in [2.05, 4.69) is 16.3 Å². The molecule has 2 aliphatic carbocycles. The van der Waals surface area contributed by atoms with E-state index in [1.807, 2.05) is 64.1 Å². The number of pyridine rings is 1.